The number of benzene rings is 2. The average Bonchev–Trinajstić information content (AvgIpc) is 2.83. The summed E-state index contributed by atoms with van der Waals surface area (Å²) >= 11 is 11.4. The van der Waals surface area contributed by atoms with Crippen molar-refractivity contribution in [3.05, 3.63) is 99.7 Å². The summed E-state index contributed by atoms with van der Waals surface area (Å²) in [4.78, 5) is 42.9. The summed E-state index contributed by atoms with van der Waals surface area (Å²) in [5.41, 5.74) is 1.46. The molecule has 11 nitrogen and oxygen atoms in total. The fourth-order valence-electron chi connectivity index (χ4n) is 4.36. The van der Waals surface area contributed by atoms with Crippen LogP contribution in [0.15, 0.2) is 58.3 Å². The molecule has 1 atom stereocenters. The third kappa shape index (κ3) is 5.93. The standard InChI is InChI=1S/C17H17ClN2O5S.C7H4ClNO3/c1-9-15(10(2)21)16(11-5-6-12(18)14(8-11)20(22)23)17-13(19-9)4-3-7-26(17,24)25;8-6-2-1-5(4-10)3-7(6)9(11)12/h5-6,8,16,19H,3-4,7H2,1-2H3;1-4H. The fourth-order valence-corrected chi connectivity index (χ4v) is 6.62. The molecule has 1 N–H and O–H groups in total. The molecule has 2 heterocycles. The van der Waals surface area contributed by atoms with Crippen LogP contribution in [0.3, 0.4) is 0 Å². The van der Waals surface area contributed by atoms with Crippen molar-refractivity contribution in [1.29, 1.82) is 0 Å². The molecule has 2 aromatic rings. The lowest BCUT2D eigenvalue weighted by atomic mass is 9.83. The van der Waals surface area contributed by atoms with E-state index in [2.05, 4.69) is 5.32 Å². The number of dihydropyridines is 1. The summed E-state index contributed by atoms with van der Waals surface area (Å²) in [6.45, 7) is 3.07. The summed E-state index contributed by atoms with van der Waals surface area (Å²) in [5.74, 6) is -1.17. The summed E-state index contributed by atoms with van der Waals surface area (Å²) in [7, 11) is -3.59. The summed E-state index contributed by atoms with van der Waals surface area (Å²) < 4.78 is 25.5. The van der Waals surface area contributed by atoms with E-state index in [4.69, 9.17) is 23.2 Å². The SMILES string of the molecule is CC(=O)C1=C(C)NC2=C(C1c1ccc(Cl)c([N+](=O)[O-])c1)S(=O)(=O)CCC2.O=Cc1ccc(Cl)c([N+](=O)[O-])c1. The third-order valence-electron chi connectivity index (χ3n) is 5.95. The quantitative estimate of drug-likeness (QED) is 0.280. The number of allylic oxidation sites excluding steroid dienone is 4. The monoisotopic (exact) mass is 581 g/mol. The number of halogens is 2. The highest BCUT2D eigenvalue weighted by molar-refractivity contribution is 7.95. The van der Waals surface area contributed by atoms with Gasteiger partial charge in [-0.3, -0.25) is 29.8 Å². The molecule has 0 aliphatic carbocycles. The molecule has 0 saturated heterocycles. The van der Waals surface area contributed by atoms with Crippen LogP contribution in [-0.2, 0) is 14.6 Å². The maximum absolute atomic E-state index is 12.8. The normalized spacial score (nSPS) is 17.9. The highest BCUT2D eigenvalue weighted by Crippen LogP contribution is 2.45. The number of sulfone groups is 1. The molecule has 0 bridgehead atoms. The van der Waals surface area contributed by atoms with Crippen LogP contribution in [0.2, 0.25) is 10.0 Å². The molecule has 200 valence electrons. The number of Topliss-reactive ketones (excluding diaryl/α,β-unsaturated/α-hetero) is 1. The van der Waals surface area contributed by atoms with Crippen molar-refractivity contribution in [2.24, 2.45) is 0 Å². The molecule has 0 radical (unpaired) electrons. The molecular weight excluding hydrogens is 561 g/mol. The molecule has 0 amide bonds. The van der Waals surface area contributed by atoms with Crippen LogP contribution >= 0.6 is 23.2 Å². The van der Waals surface area contributed by atoms with E-state index in [9.17, 15) is 38.2 Å². The summed E-state index contributed by atoms with van der Waals surface area (Å²) in [5, 5.41) is 24.6. The number of nitro benzene ring substituents is 2. The minimum atomic E-state index is -3.59. The van der Waals surface area contributed by atoms with Gasteiger partial charge in [-0.05, 0) is 50.5 Å². The van der Waals surface area contributed by atoms with Crippen molar-refractivity contribution in [3.63, 3.8) is 0 Å². The zero-order valence-corrected chi connectivity index (χ0v) is 22.4. The van der Waals surface area contributed by atoms with Crippen molar-refractivity contribution in [3.8, 4) is 0 Å². The van der Waals surface area contributed by atoms with Crippen LogP contribution in [0.4, 0.5) is 11.4 Å². The Kier molecular flexibility index (Phi) is 8.70. The first-order valence-electron chi connectivity index (χ1n) is 11.1. The average molecular weight is 582 g/mol. The van der Waals surface area contributed by atoms with Crippen molar-refractivity contribution in [1.82, 2.24) is 5.32 Å². The van der Waals surface area contributed by atoms with Gasteiger partial charge in [0.15, 0.2) is 15.6 Å². The van der Waals surface area contributed by atoms with E-state index in [-0.39, 0.29) is 43.4 Å². The number of aldehydes is 1. The van der Waals surface area contributed by atoms with E-state index in [1.807, 2.05) is 0 Å². The maximum Gasteiger partial charge on any atom is 0.288 e. The van der Waals surface area contributed by atoms with E-state index in [1.165, 1.54) is 37.3 Å². The lowest BCUT2D eigenvalue weighted by molar-refractivity contribution is -0.384. The van der Waals surface area contributed by atoms with Crippen molar-refractivity contribution in [2.75, 3.05) is 5.75 Å². The van der Waals surface area contributed by atoms with Crippen LogP contribution in [0, 0.1) is 20.2 Å². The highest BCUT2D eigenvalue weighted by Gasteiger charge is 2.41. The largest absolute Gasteiger partial charge is 0.361 e. The van der Waals surface area contributed by atoms with Crippen molar-refractivity contribution < 1.29 is 27.9 Å². The van der Waals surface area contributed by atoms with Gasteiger partial charge in [0.05, 0.1) is 26.4 Å². The first-order chi connectivity index (χ1) is 17.8. The number of carbonyl (C=O) groups is 2. The molecule has 1 unspecified atom stereocenters. The molecule has 0 spiro atoms. The van der Waals surface area contributed by atoms with Gasteiger partial charge >= 0.3 is 0 Å². The number of rotatable bonds is 5. The highest BCUT2D eigenvalue weighted by atomic mass is 35.5. The van der Waals surface area contributed by atoms with Gasteiger partial charge in [0.1, 0.15) is 16.3 Å². The van der Waals surface area contributed by atoms with Crippen LogP contribution in [0.25, 0.3) is 0 Å². The Bertz CT molecular complexity index is 1530. The molecule has 38 heavy (non-hydrogen) atoms. The first kappa shape index (κ1) is 29.0. The Morgan fingerprint density at radius 2 is 1.63 bits per heavy atom. The Morgan fingerprint density at radius 3 is 2.18 bits per heavy atom. The Labute approximate surface area is 227 Å². The smallest absolute Gasteiger partial charge is 0.288 e. The second-order valence-corrected chi connectivity index (χ2v) is 11.4. The molecule has 2 aliphatic heterocycles. The zero-order valence-electron chi connectivity index (χ0n) is 20.1. The van der Waals surface area contributed by atoms with E-state index < -0.39 is 25.6 Å². The van der Waals surface area contributed by atoms with Gasteiger partial charge in [-0.1, -0.05) is 29.3 Å². The van der Waals surface area contributed by atoms with Gasteiger partial charge in [-0.25, -0.2) is 8.42 Å². The number of hydrogen-bond acceptors (Lipinski definition) is 9. The van der Waals surface area contributed by atoms with E-state index in [1.54, 1.807) is 6.92 Å². The topological polar surface area (TPSA) is 167 Å². The fraction of sp³-hybridized carbons (Fsp3) is 0.250. The number of nitrogens with one attached hydrogen (secondary N) is 1. The molecule has 0 saturated carbocycles. The van der Waals surface area contributed by atoms with Crippen molar-refractivity contribution in [2.45, 2.75) is 32.6 Å². The Balaban J connectivity index is 0.000000279. The second kappa shape index (κ2) is 11.4. The second-order valence-electron chi connectivity index (χ2n) is 8.47. The van der Waals surface area contributed by atoms with Gasteiger partial charge in [0.25, 0.3) is 11.4 Å². The molecule has 14 heteroatoms. The maximum atomic E-state index is 12.8. The molecular formula is C24H21Cl2N3O8S. The van der Waals surface area contributed by atoms with Gasteiger partial charge < -0.3 is 5.32 Å². The number of nitro groups is 2. The molecule has 2 aliphatic rings. The number of ketones is 1. The van der Waals surface area contributed by atoms with E-state index >= 15 is 0 Å². The van der Waals surface area contributed by atoms with Crippen LogP contribution in [0.5, 0.6) is 0 Å². The minimum Gasteiger partial charge on any atom is -0.361 e. The van der Waals surface area contributed by atoms with E-state index in [0.717, 1.165) is 6.07 Å². The molecule has 0 aromatic heterocycles. The molecule has 0 fully saturated rings. The van der Waals surface area contributed by atoms with Gasteiger partial charge in [-0.15, -0.1) is 0 Å². The lowest BCUT2D eigenvalue weighted by Gasteiger charge is -2.34. The molecule has 2 aromatic carbocycles. The predicted molar refractivity (Wildman–Crippen MR) is 141 cm³/mol. The van der Waals surface area contributed by atoms with Crippen LogP contribution in [0.1, 0.15) is 48.5 Å². The third-order valence-corrected chi connectivity index (χ3v) is 8.57. The predicted octanol–water partition coefficient (Wildman–Crippen LogP) is 5.28. The van der Waals surface area contributed by atoms with Gasteiger partial charge in [0.2, 0.25) is 0 Å². The minimum absolute atomic E-state index is 0.00999. The Morgan fingerprint density at radius 1 is 1.05 bits per heavy atom. The van der Waals surface area contributed by atoms with Crippen molar-refractivity contribution >= 4 is 56.5 Å². The Hall–Kier alpha value is -3.61. The summed E-state index contributed by atoms with van der Waals surface area (Å²) in [6, 6.07) is 8.03. The van der Waals surface area contributed by atoms with Crippen LogP contribution < -0.4 is 5.32 Å². The van der Waals surface area contributed by atoms with Crippen LogP contribution in [-0.4, -0.2) is 36.1 Å². The number of carbonyl (C=O) groups excluding carboxylic acids is 2. The zero-order chi connectivity index (χ0) is 28.4. The number of hydrogen-bond donors (Lipinski definition) is 1. The van der Waals surface area contributed by atoms with Gasteiger partial charge in [-0.2, -0.15) is 0 Å². The summed E-state index contributed by atoms with van der Waals surface area (Å²) in [6.07, 6.45) is 1.57. The van der Waals surface area contributed by atoms with E-state index in [0.29, 0.717) is 41.7 Å². The van der Waals surface area contributed by atoms with Gasteiger partial charge in [0, 0.05) is 34.7 Å². The first-order valence-corrected chi connectivity index (χ1v) is 13.5. The lowest BCUT2D eigenvalue weighted by Crippen LogP contribution is -2.34. The number of nitrogens with zero attached hydrogens (tertiary/aromatic N) is 2. The molecule has 4 rings (SSSR count).